The highest BCUT2D eigenvalue weighted by atomic mass is 127. The van der Waals surface area contributed by atoms with E-state index in [1.807, 2.05) is 0 Å². The monoisotopic (exact) mass is 278 g/mol. The smallest absolute Gasteiger partial charge is 0.236 e. The molecule has 0 fully saturated rings. The maximum atomic E-state index is 10.3. The number of hydrogen-bond acceptors (Lipinski definition) is 4. The first-order valence-corrected chi connectivity index (χ1v) is 4.26. The van der Waals surface area contributed by atoms with Crippen LogP contribution < -0.4 is 11.1 Å². The molecule has 1 aromatic heterocycles. The largest absolute Gasteiger partial charge is 0.368 e. The van der Waals surface area contributed by atoms with E-state index in [1.165, 1.54) is 0 Å². The van der Waals surface area contributed by atoms with Crippen molar-refractivity contribution in [2.45, 2.75) is 0 Å². The molecule has 1 amide bonds. The van der Waals surface area contributed by atoms with Gasteiger partial charge in [-0.15, -0.1) is 0 Å². The van der Waals surface area contributed by atoms with E-state index in [9.17, 15) is 4.79 Å². The normalized spacial score (nSPS) is 9.42. The lowest BCUT2D eigenvalue weighted by Gasteiger charge is -1.99. The summed E-state index contributed by atoms with van der Waals surface area (Å²) in [7, 11) is 0. The number of primary amides is 1. The van der Waals surface area contributed by atoms with Gasteiger partial charge in [-0.3, -0.25) is 4.79 Å². The van der Waals surface area contributed by atoms with Crippen molar-refractivity contribution in [1.82, 2.24) is 9.97 Å². The Bertz CT molecular complexity index is 273. The second-order valence-corrected chi connectivity index (χ2v) is 3.29. The molecular formula is C6H7IN4O. The fraction of sp³-hybridized carbons (Fsp3) is 0.167. The Kier molecular flexibility index (Phi) is 3.20. The van der Waals surface area contributed by atoms with Crippen molar-refractivity contribution in [2.75, 3.05) is 11.9 Å². The van der Waals surface area contributed by atoms with Gasteiger partial charge in [-0.05, 0) is 22.6 Å². The number of nitrogens with two attached hydrogens (primary N) is 1. The van der Waals surface area contributed by atoms with Gasteiger partial charge in [-0.25, -0.2) is 9.97 Å². The van der Waals surface area contributed by atoms with Crippen LogP contribution in [-0.4, -0.2) is 22.4 Å². The molecule has 0 radical (unpaired) electrons. The molecule has 1 rings (SSSR count). The van der Waals surface area contributed by atoms with Crippen molar-refractivity contribution >= 4 is 34.4 Å². The molecule has 5 nitrogen and oxygen atoms in total. The summed E-state index contributed by atoms with van der Waals surface area (Å²) < 4.78 is 0.942. The number of anilines is 1. The third-order valence-corrected chi connectivity index (χ3v) is 1.60. The van der Waals surface area contributed by atoms with Gasteiger partial charge in [-0.1, -0.05) is 0 Å². The molecule has 12 heavy (non-hydrogen) atoms. The zero-order valence-electron chi connectivity index (χ0n) is 6.12. The van der Waals surface area contributed by atoms with Gasteiger partial charge in [0, 0.05) is 16.0 Å². The van der Waals surface area contributed by atoms with Gasteiger partial charge in [-0.2, -0.15) is 0 Å². The SMILES string of the molecule is NC(=O)CNc1ncc(I)cn1. The average Bonchev–Trinajstić information content (AvgIpc) is 2.03. The number of carbonyl (C=O) groups excluding carboxylic acids is 1. The molecule has 0 unspecified atom stereocenters. The highest BCUT2D eigenvalue weighted by Gasteiger charge is 1.96. The summed E-state index contributed by atoms with van der Waals surface area (Å²) >= 11 is 2.09. The summed E-state index contributed by atoms with van der Waals surface area (Å²) in [5.41, 5.74) is 4.91. The topological polar surface area (TPSA) is 80.9 Å². The van der Waals surface area contributed by atoms with Crippen LogP contribution in [0.15, 0.2) is 12.4 Å². The third kappa shape index (κ3) is 2.99. The van der Waals surface area contributed by atoms with E-state index in [1.54, 1.807) is 12.4 Å². The predicted octanol–water partition coefficient (Wildman–Crippen LogP) is -0.0216. The van der Waals surface area contributed by atoms with Crippen LogP contribution in [0.4, 0.5) is 5.95 Å². The summed E-state index contributed by atoms with van der Waals surface area (Å²) in [6, 6.07) is 0. The molecule has 1 heterocycles. The number of halogens is 1. The van der Waals surface area contributed by atoms with Crippen LogP contribution in [0, 0.1) is 3.57 Å². The van der Waals surface area contributed by atoms with Crippen molar-refractivity contribution in [3.63, 3.8) is 0 Å². The van der Waals surface area contributed by atoms with E-state index >= 15 is 0 Å². The van der Waals surface area contributed by atoms with Crippen molar-refractivity contribution in [2.24, 2.45) is 5.73 Å². The molecule has 6 heteroatoms. The van der Waals surface area contributed by atoms with E-state index < -0.39 is 5.91 Å². The number of rotatable bonds is 3. The summed E-state index contributed by atoms with van der Waals surface area (Å²) in [5, 5.41) is 2.67. The van der Waals surface area contributed by atoms with Crippen molar-refractivity contribution in [3.05, 3.63) is 16.0 Å². The van der Waals surface area contributed by atoms with Gasteiger partial charge in [0.1, 0.15) is 0 Å². The molecule has 0 bridgehead atoms. The summed E-state index contributed by atoms with van der Waals surface area (Å²) in [5.74, 6) is -0.0219. The van der Waals surface area contributed by atoms with Crippen LogP contribution in [0.25, 0.3) is 0 Å². The quantitative estimate of drug-likeness (QED) is 0.761. The molecule has 1 aromatic rings. The van der Waals surface area contributed by atoms with Crippen molar-refractivity contribution in [3.8, 4) is 0 Å². The maximum absolute atomic E-state index is 10.3. The number of amides is 1. The van der Waals surface area contributed by atoms with Crippen LogP contribution in [-0.2, 0) is 4.79 Å². The standard InChI is InChI=1S/C6H7IN4O/c7-4-1-9-6(10-2-4)11-3-5(8)12/h1-2H,3H2,(H2,8,12)(H,9,10,11). The third-order valence-electron chi connectivity index (χ3n) is 1.04. The molecule has 64 valence electrons. The fourth-order valence-corrected chi connectivity index (χ4v) is 0.848. The number of nitrogens with zero attached hydrogens (tertiary/aromatic N) is 2. The number of hydrogen-bond donors (Lipinski definition) is 2. The Morgan fingerprint density at radius 1 is 1.58 bits per heavy atom. The van der Waals surface area contributed by atoms with Crippen LogP contribution >= 0.6 is 22.6 Å². The van der Waals surface area contributed by atoms with Gasteiger partial charge >= 0.3 is 0 Å². The predicted molar refractivity (Wildman–Crippen MR) is 52.4 cm³/mol. The molecule has 0 aliphatic rings. The lowest BCUT2D eigenvalue weighted by atomic mass is 10.6. The molecular weight excluding hydrogens is 271 g/mol. The first-order chi connectivity index (χ1) is 5.68. The van der Waals surface area contributed by atoms with Gasteiger partial charge in [0.05, 0.1) is 6.54 Å². The Morgan fingerprint density at radius 2 is 2.17 bits per heavy atom. The van der Waals surface area contributed by atoms with E-state index in [-0.39, 0.29) is 6.54 Å². The van der Waals surface area contributed by atoms with E-state index in [0.29, 0.717) is 5.95 Å². The molecule has 0 aromatic carbocycles. The van der Waals surface area contributed by atoms with Gasteiger partial charge in [0.25, 0.3) is 0 Å². The highest BCUT2D eigenvalue weighted by molar-refractivity contribution is 14.1. The van der Waals surface area contributed by atoms with Gasteiger partial charge < -0.3 is 11.1 Å². The molecule has 0 saturated carbocycles. The number of nitrogens with one attached hydrogen (secondary N) is 1. The molecule has 0 atom stereocenters. The average molecular weight is 278 g/mol. The molecule has 3 N–H and O–H groups in total. The van der Waals surface area contributed by atoms with Gasteiger partial charge in [0.2, 0.25) is 11.9 Å². The molecule has 0 spiro atoms. The first kappa shape index (κ1) is 9.17. The minimum Gasteiger partial charge on any atom is -0.368 e. The first-order valence-electron chi connectivity index (χ1n) is 3.18. The van der Waals surface area contributed by atoms with Crippen LogP contribution in [0.2, 0.25) is 0 Å². The molecule has 0 saturated heterocycles. The Hall–Kier alpha value is -0.920. The number of aromatic nitrogens is 2. The minimum absolute atomic E-state index is 0.0561. The summed E-state index contributed by atoms with van der Waals surface area (Å²) in [4.78, 5) is 18.2. The fourth-order valence-electron chi connectivity index (χ4n) is 0.570. The number of carbonyl (C=O) groups is 1. The van der Waals surface area contributed by atoms with E-state index in [2.05, 4.69) is 37.9 Å². The van der Waals surface area contributed by atoms with E-state index in [4.69, 9.17) is 5.73 Å². The van der Waals surface area contributed by atoms with Crippen LogP contribution in [0.5, 0.6) is 0 Å². The lowest BCUT2D eigenvalue weighted by Crippen LogP contribution is -2.22. The second-order valence-electron chi connectivity index (χ2n) is 2.04. The second kappa shape index (κ2) is 4.19. The van der Waals surface area contributed by atoms with Crippen molar-refractivity contribution < 1.29 is 4.79 Å². The Balaban J connectivity index is 2.53. The lowest BCUT2D eigenvalue weighted by molar-refractivity contribution is -0.116. The van der Waals surface area contributed by atoms with Crippen LogP contribution in [0.3, 0.4) is 0 Å². The molecule has 0 aliphatic heterocycles. The zero-order chi connectivity index (χ0) is 8.97. The molecule has 0 aliphatic carbocycles. The van der Waals surface area contributed by atoms with E-state index in [0.717, 1.165) is 3.57 Å². The minimum atomic E-state index is -0.433. The Morgan fingerprint density at radius 3 is 2.67 bits per heavy atom. The maximum Gasteiger partial charge on any atom is 0.236 e. The van der Waals surface area contributed by atoms with Gasteiger partial charge in [0.15, 0.2) is 0 Å². The Labute approximate surface area is 82.9 Å². The summed E-state index contributed by atoms with van der Waals surface area (Å²) in [6.07, 6.45) is 3.30. The zero-order valence-corrected chi connectivity index (χ0v) is 8.28. The van der Waals surface area contributed by atoms with Crippen molar-refractivity contribution in [1.29, 1.82) is 0 Å². The van der Waals surface area contributed by atoms with Crippen LogP contribution in [0.1, 0.15) is 0 Å². The summed E-state index contributed by atoms with van der Waals surface area (Å²) in [6.45, 7) is 0.0561. The highest BCUT2D eigenvalue weighted by Crippen LogP contribution is 2.01.